The van der Waals surface area contributed by atoms with Crippen LogP contribution >= 0.6 is 0 Å². The number of rotatable bonds is 2. The van der Waals surface area contributed by atoms with Gasteiger partial charge in [0.15, 0.2) is 0 Å². The molecule has 11 heavy (non-hydrogen) atoms. The first-order valence-electron chi connectivity index (χ1n) is 3.99. The number of hydrogen-bond acceptors (Lipinski definition) is 2. The third kappa shape index (κ3) is 2.07. The third-order valence-corrected chi connectivity index (χ3v) is 2.11. The largest absolute Gasteiger partial charge is 0.502 e. The minimum atomic E-state index is 0.134. The second-order valence-electron chi connectivity index (χ2n) is 2.95. The summed E-state index contributed by atoms with van der Waals surface area (Å²) in [5, 5.41) is 0. The van der Waals surface area contributed by atoms with Crippen molar-refractivity contribution >= 4 is 5.78 Å². The molecule has 1 atom stereocenters. The van der Waals surface area contributed by atoms with Crippen molar-refractivity contribution in [3.63, 3.8) is 0 Å². The van der Waals surface area contributed by atoms with Crippen LogP contribution in [0.1, 0.15) is 26.2 Å². The molecule has 1 aliphatic carbocycles. The van der Waals surface area contributed by atoms with Gasteiger partial charge in [0.25, 0.3) is 0 Å². The smallest absolute Gasteiger partial charge is 0.139 e. The van der Waals surface area contributed by atoms with Crippen LogP contribution in [-0.4, -0.2) is 12.9 Å². The zero-order chi connectivity index (χ0) is 8.27. The predicted octanol–water partition coefficient (Wildman–Crippen LogP) is 1.91. The maximum Gasteiger partial charge on any atom is 0.139 e. The zero-order valence-electron chi connectivity index (χ0n) is 7.09. The molecular formula is C9H14O2. The lowest BCUT2D eigenvalue weighted by molar-refractivity contribution is -0.119. The van der Waals surface area contributed by atoms with Crippen LogP contribution in [0.3, 0.4) is 0 Å². The molecule has 0 aromatic heterocycles. The summed E-state index contributed by atoms with van der Waals surface area (Å²) >= 11 is 0. The van der Waals surface area contributed by atoms with Crippen molar-refractivity contribution in [3.8, 4) is 0 Å². The van der Waals surface area contributed by atoms with Crippen molar-refractivity contribution in [3.05, 3.63) is 11.8 Å². The molecule has 0 aromatic carbocycles. The molecular weight excluding hydrogens is 140 g/mol. The van der Waals surface area contributed by atoms with E-state index in [0.717, 1.165) is 25.0 Å². The molecule has 1 aliphatic rings. The first kappa shape index (κ1) is 8.31. The van der Waals surface area contributed by atoms with Crippen LogP contribution in [0.4, 0.5) is 0 Å². The van der Waals surface area contributed by atoms with E-state index in [1.165, 1.54) is 0 Å². The lowest BCUT2D eigenvalue weighted by Crippen LogP contribution is -2.03. The molecule has 0 saturated heterocycles. The van der Waals surface area contributed by atoms with Gasteiger partial charge in [0.2, 0.25) is 0 Å². The minimum Gasteiger partial charge on any atom is -0.502 e. The second kappa shape index (κ2) is 3.56. The van der Waals surface area contributed by atoms with Crippen molar-refractivity contribution < 1.29 is 9.53 Å². The van der Waals surface area contributed by atoms with E-state index in [0.29, 0.717) is 5.78 Å². The Balaban J connectivity index is 2.54. The van der Waals surface area contributed by atoms with E-state index in [1.807, 2.05) is 13.0 Å². The van der Waals surface area contributed by atoms with Gasteiger partial charge in [0, 0.05) is 12.3 Å². The number of carbonyl (C=O) groups excluding carboxylic acids is 1. The van der Waals surface area contributed by atoms with Crippen molar-refractivity contribution in [1.29, 1.82) is 0 Å². The maximum absolute atomic E-state index is 11.1. The van der Waals surface area contributed by atoms with Crippen LogP contribution in [0, 0.1) is 5.92 Å². The number of carbonyl (C=O) groups is 1. The van der Waals surface area contributed by atoms with Gasteiger partial charge in [-0.25, -0.2) is 0 Å². The van der Waals surface area contributed by atoms with E-state index in [1.54, 1.807) is 7.11 Å². The van der Waals surface area contributed by atoms with Crippen molar-refractivity contribution in [1.82, 2.24) is 0 Å². The second-order valence-corrected chi connectivity index (χ2v) is 2.95. The number of allylic oxidation sites excluding steroid dienone is 2. The van der Waals surface area contributed by atoms with E-state index in [2.05, 4.69) is 0 Å². The molecule has 1 rings (SSSR count). The average Bonchev–Trinajstić information content (AvgIpc) is 2.37. The number of Topliss-reactive ketones (excluding diaryl/α,β-unsaturated/α-hetero) is 1. The Bertz CT molecular complexity index is 182. The van der Waals surface area contributed by atoms with E-state index in [-0.39, 0.29) is 5.92 Å². The average molecular weight is 154 g/mol. The van der Waals surface area contributed by atoms with Crippen LogP contribution in [0.25, 0.3) is 0 Å². The Labute approximate surface area is 67.2 Å². The fourth-order valence-corrected chi connectivity index (χ4v) is 1.37. The van der Waals surface area contributed by atoms with Crippen LogP contribution in [0.2, 0.25) is 0 Å². The van der Waals surface area contributed by atoms with E-state index in [4.69, 9.17) is 4.74 Å². The standard InChI is InChI=1S/C9H14O2/c1-7(11-2)6-8-4-3-5-9(8)10/h6,8H,3-5H2,1-2H3/b7-6+. The number of methoxy groups -OCH3 is 1. The summed E-state index contributed by atoms with van der Waals surface area (Å²) in [5.41, 5.74) is 0. The fourth-order valence-electron chi connectivity index (χ4n) is 1.37. The summed E-state index contributed by atoms with van der Waals surface area (Å²) in [5.74, 6) is 1.35. The lowest BCUT2D eigenvalue weighted by Gasteiger charge is -2.02. The Morgan fingerprint density at radius 2 is 2.45 bits per heavy atom. The van der Waals surface area contributed by atoms with Gasteiger partial charge in [-0.2, -0.15) is 0 Å². The van der Waals surface area contributed by atoms with Crippen LogP contribution in [0.5, 0.6) is 0 Å². The van der Waals surface area contributed by atoms with Crippen LogP contribution in [0.15, 0.2) is 11.8 Å². The Kier molecular flexibility index (Phi) is 2.69. The van der Waals surface area contributed by atoms with Crippen molar-refractivity contribution in [2.75, 3.05) is 7.11 Å². The van der Waals surface area contributed by atoms with E-state index < -0.39 is 0 Å². The van der Waals surface area contributed by atoms with Gasteiger partial charge in [-0.3, -0.25) is 4.79 Å². The predicted molar refractivity (Wildman–Crippen MR) is 43.1 cm³/mol. The van der Waals surface area contributed by atoms with E-state index >= 15 is 0 Å². The molecule has 1 unspecified atom stereocenters. The molecule has 0 spiro atoms. The van der Waals surface area contributed by atoms with Gasteiger partial charge < -0.3 is 4.74 Å². The topological polar surface area (TPSA) is 26.3 Å². The van der Waals surface area contributed by atoms with Gasteiger partial charge in [0.1, 0.15) is 5.78 Å². The highest BCUT2D eigenvalue weighted by Crippen LogP contribution is 2.23. The zero-order valence-corrected chi connectivity index (χ0v) is 7.09. The van der Waals surface area contributed by atoms with Crippen LogP contribution < -0.4 is 0 Å². The normalized spacial score (nSPS) is 25.8. The molecule has 0 heterocycles. The van der Waals surface area contributed by atoms with Crippen molar-refractivity contribution in [2.45, 2.75) is 26.2 Å². The molecule has 0 aliphatic heterocycles. The Morgan fingerprint density at radius 1 is 1.73 bits per heavy atom. The molecule has 0 radical (unpaired) electrons. The summed E-state index contributed by atoms with van der Waals surface area (Å²) in [7, 11) is 1.63. The highest BCUT2D eigenvalue weighted by atomic mass is 16.5. The Morgan fingerprint density at radius 3 is 2.91 bits per heavy atom. The van der Waals surface area contributed by atoms with Gasteiger partial charge in [-0.05, 0) is 25.8 Å². The molecule has 2 nitrogen and oxygen atoms in total. The highest BCUT2D eigenvalue weighted by molar-refractivity contribution is 5.84. The summed E-state index contributed by atoms with van der Waals surface area (Å²) in [4.78, 5) is 11.1. The van der Waals surface area contributed by atoms with Crippen molar-refractivity contribution in [2.24, 2.45) is 5.92 Å². The van der Waals surface area contributed by atoms with Gasteiger partial charge in [-0.15, -0.1) is 0 Å². The maximum atomic E-state index is 11.1. The highest BCUT2D eigenvalue weighted by Gasteiger charge is 2.22. The molecule has 0 bridgehead atoms. The number of ether oxygens (including phenoxy) is 1. The molecule has 0 N–H and O–H groups in total. The minimum absolute atomic E-state index is 0.134. The fraction of sp³-hybridized carbons (Fsp3) is 0.667. The molecule has 1 saturated carbocycles. The molecule has 1 fully saturated rings. The molecule has 2 heteroatoms. The van der Waals surface area contributed by atoms with Crippen LogP contribution in [-0.2, 0) is 9.53 Å². The number of hydrogen-bond donors (Lipinski definition) is 0. The first-order chi connectivity index (χ1) is 5.24. The quantitative estimate of drug-likeness (QED) is 0.568. The summed E-state index contributed by atoms with van der Waals surface area (Å²) in [6.07, 6.45) is 4.71. The monoisotopic (exact) mass is 154 g/mol. The molecule has 62 valence electrons. The van der Waals surface area contributed by atoms with Gasteiger partial charge in [0.05, 0.1) is 12.9 Å². The third-order valence-electron chi connectivity index (χ3n) is 2.11. The summed E-state index contributed by atoms with van der Waals surface area (Å²) < 4.78 is 4.97. The molecule has 0 amide bonds. The number of ketones is 1. The van der Waals surface area contributed by atoms with E-state index in [9.17, 15) is 4.79 Å². The summed E-state index contributed by atoms with van der Waals surface area (Å²) in [6, 6.07) is 0. The van der Waals surface area contributed by atoms with Gasteiger partial charge in [-0.1, -0.05) is 0 Å². The lowest BCUT2D eigenvalue weighted by atomic mass is 10.1. The molecule has 0 aromatic rings. The Hall–Kier alpha value is -0.790. The van der Waals surface area contributed by atoms with Gasteiger partial charge >= 0.3 is 0 Å². The SMILES string of the molecule is CO/C(C)=C/C1CCCC1=O. The first-order valence-corrected chi connectivity index (χ1v) is 3.99. The summed E-state index contributed by atoms with van der Waals surface area (Å²) in [6.45, 7) is 1.88.